The van der Waals surface area contributed by atoms with E-state index in [-0.39, 0.29) is 11.4 Å². The van der Waals surface area contributed by atoms with Gasteiger partial charge in [0.05, 0.1) is 0 Å². The fourth-order valence-electron chi connectivity index (χ4n) is 3.18. The third-order valence-electron chi connectivity index (χ3n) is 4.61. The minimum absolute atomic E-state index is 0.0890. The Kier molecular flexibility index (Phi) is 5.74. The van der Waals surface area contributed by atoms with Crippen molar-refractivity contribution in [3.63, 3.8) is 0 Å². The van der Waals surface area contributed by atoms with Gasteiger partial charge in [-0.3, -0.25) is 14.5 Å². The lowest BCUT2D eigenvalue weighted by atomic mass is 10.0. The largest absolute Gasteiger partial charge is 0.477 e. The van der Waals surface area contributed by atoms with Gasteiger partial charge in [0.15, 0.2) is 6.10 Å². The number of amides is 2. The fraction of sp³-hybridized carbons (Fsp3) is 0.294. The van der Waals surface area contributed by atoms with Crippen LogP contribution in [0.15, 0.2) is 46.8 Å². The molecule has 0 aliphatic carbocycles. The molecule has 13 heteroatoms. The first kappa shape index (κ1) is 20.4. The van der Waals surface area contributed by atoms with Gasteiger partial charge in [0, 0.05) is 11.5 Å². The zero-order valence-electron chi connectivity index (χ0n) is 15.3. The summed E-state index contributed by atoms with van der Waals surface area (Å²) in [5.74, 6) is -1.80. The fourth-order valence-corrected chi connectivity index (χ4v) is 5.40. The van der Waals surface area contributed by atoms with Gasteiger partial charge in [-0.15, -0.1) is 22.0 Å². The molecule has 156 valence electrons. The highest BCUT2D eigenvalue weighted by Gasteiger charge is 2.54. The van der Waals surface area contributed by atoms with E-state index in [1.54, 1.807) is 30.3 Å². The zero-order valence-corrected chi connectivity index (χ0v) is 16.9. The van der Waals surface area contributed by atoms with Crippen LogP contribution in [0.5, 0.6) is 0 Å². The first-order valence-corrected chi connectivity index (χ1v) is 10.8. The lowest BCUT2D eigenvalue weighted by Crippen LogP contribution is -2.70. The van der Waals surface area contributed by atoms with Crippen LogP contribution in [0, 0.1) is 0 Å². The van der Waals surface area contributed by atoms with Crippen LogP contribution in [-0.4, -0.2) is 76.4 Å². The molecular formula is C17H16N6O5S2. The number of hydrogen-bond acceptors (Lipinski definition) is 9. The SMILES string of the molecule is O=C(O)C1=C(CSc2nn[nH]n2)CS[C@H]2[C@@H](NC(=O)[C@@H](O)c3ccccc3)C(=O)N12. The van der Waals surface area contributed by atoms with Crippen LogP contribution in [0.4, 0.5) is 0 Å². The molecular weight excluding hydrogens is 432 g/mol. The van der Waals surface area contributed by atoms with E-state index in [0.717, 1.165) is 0 Å². The third kappa shape index (κ3) is 3.78. The van der Waals surface area contributed by atoms with Gasteiger partial charge in [0.25, 0.3) is 11.8 Å². The molecule has 1 aromatic heterocycles. The van der Waals surface area contributed by atoms with Crippen molar-refractivity contribution in [1.29, 1.82) is 0 Å². The minimum atomic E-state index is -1.42. The van der Waals surface area contributed by atoms with Crippen LogP contribution in [0.1, 0.15) is 11.7 Å². The van der Waals surface area contributed by atoms with Crippen LogP contribution in [0.2, 0.25) is 0 Å². The molecule has 2 aliphatic rings. The van der Waals surface area contributed by atoms with Crippen molar-refractivity contribution in [1.82, 2.24) is 30.8 Å². The summed E-state index contributed by atoms with van der Waals surface area (Å²) in [4.78, 5) is 38.1. The summed E-state index contributed by atoms with van der Waals surface area (Å²) in [6.07, 6.45) is -1.42. The summed E-state index contributed by atoms with van der Waals surface area (Å²) >= 11 is 2.56. The van der Waals surface area contributed by atoms with Gasteiger partial charge in [-0.05, 0) is 16.3 Å². The maximum atomic E-state index is 12.7. The van der Waals surface area contributed by atoms with Crippen molar-refractivity contribution in [2.24, 2.45) is 0 Å². The second-order valence-electron chi connectivity index (χ2n) is 6.45. The molecule has 3 atom stereocenters. The number of nitrogens with one attached hydrogen (secondary N) is 2. The summed E-state index contributed by atoms with van der Waals surface area (Å²) in [6, 6.07) is 7.45. The number of rotatable bonds is 7. The molecule has 2 aliphatic heterocycles. The number of thioether (sulfide) groups is 2. The number of carboxylic acids is 1. The molecule has 1 fully saturated rings. The Morgan fingerprint density at radius 2 is 2.13 bits per heavy atom. The molecule has 2 amide bonds. The first-order chi connectivity index (χ1) is 14.5. The second-order valence-corrected chi connectivity index (χ2v) is 8.50. The monoisotopic (exact) mass is 448 g/mol. The van der Waals surface area contributed by atoms with E-state index in [1.807, 2.05) is 0 Å². The summed E-state index contributed by atoms with van der Waals surface area (Å²) < 4.78 is 0. The van der Waals surface area contributed by atoms with Gasteiger partial charge in [-0.25, -0.2) is 4.79 Å². The number of hydrogen-bond donors (Lipinski definition) is 4. The Morgan fingerprint density at radius 1 is 1.37 bits per heavy atom. The number of nitrogens with zero attached hydrogens (tertiary/aromatic N) is 4. The highest BCUT2D eigenvalue weighted by Crippen LogP contribution is 2.41. The quantitative estimate of drug-likeness (QED) is 0.329. The Balaban J connectivity index is 1.46. The minimum Gasteiger partial charge on any atom is -0.477 e. The van der Waals surface area contributed by atoms with Crippen LogP contribution in [0.3, 0.4) is 0 Å². The highest BCUT2D eigenvalue weighted by atomic mass is 32.2. The molecule has 4 N–H and O–H groups in total. The molecule has 0 bridgehead atoms. The number of aromatic nitrogens is 4. The summed E-state index contributed by atoms with van der Waals surface area (Å²) in [7, 11) is 0. The van der Waals surface area contributed by atoms with E-state index in [2.05, 4.69) is 25.9 Å². The molecule has 0 saturated carbocycles. The van der Waals surface area contributed by atoms with E-state index in [1.165, 1.54) is 28.4 Å². The number of aliphatic carboxylic acids is 1. The van der Waals surface area contributed by atoms with Gasteiger partial charge >= 0.3 is 5.97 Å². The number of aromatic amines is 1. The smallest absolute Gasteiger partial charge is 0.352 e. The molecule has 0 radical (unpaired) electrons. The number of β-lactam (4-membered cyclic amide) rings is 1. The van der Waals surface area contributed by atoms with Gasteiger partial charge in [0.2, 0.25) is 5.16 Å². The van der Waals surface area contributed by atoms with Gasteiger partial charge in [-0.2, -0.15) is 5.21 Å². The Labute approximate surface area is 178 Å². The number of fused-ring (bicyclic) bond motifs is 1. The number of tetrazole rings is 1. The summed E-state index contributed by atoms with van der Waals surface area (Å²) in [6.45, 7) is 0. The van der Waals surface area contributed by atoms with Gasteiger partial charge in [0.1, 0.15) is 17.1 Å². The van der Waals surface area contributed by atoms with Crippen LogP contribution in [0.25, 0.3) is 0 Å². The van der Waals surface area contributed by atoms with E-state index >= 15 is 0 Å². The third-order valence-corrected chi connectivity index (χ3v) is 6.88. The van der Waals surface area contributed by atoms with Crippen LogP contribution in [-0.2, 0) is 14.4 Å². The highest BCUT2D eigenvalue weighted by molar-refractivity contribution is 8.01. The maximum Gasteiger partial charge on any atom is 0.352 e. The van der Waals surface area contributed by atoms with Crippen molar-refractivity contribution < 1.29 is 24.6 Å². The zero-order chi connectivity index (χ0) is 21.3. The lowest BCUT2D eigenvalue weighted by molar-refractivity contribution is -0.151. The topological polar surface area (TPSA) is 161 Å². The predicted molar refractivity (Wildman–Crippen MR) is 106 cm³/mol. The number of carbonyl (C=O) groups excluding carboxylic acids is 2. The molecule has 0 spiro atoms. The molecule has 2 aromatic rings. The Hall–Kier alpha value is -2.90. The molecule has 3 heterocycles. The normalized spacial score (nSPS) is 21.6. The number of aliphatic hydroxyl groups is 1. The summed E-state index contributed by atoms with van der Waals surface area (Å²) in [5.41, 5.74) is 0.872. The number of carboxylic acid groups (broad SMARTS) is 1. The maximum absolute atomic E-state index is 12.7. The number of aliphatic hydroxyl groups excluding tert-OH is 1. The van der Waals surface area contributed by atoms with E-state index in [9.17, 15) is 24.6 Å². The average Bonchev–Trinajstić information content (AvgIpc) is 3.28. The number of carbonyl (C=O) groups is 3. The van der Waals surface area contributed by atoms with Crippen molar-refractivity contribution in [3.8, 4) is 0 Å². The predicted octanol–water partition coefficient (Wildman–Crippen LogP) is -0.236. The molecule has 4 rings (SSSR count). The molecule has 1 saturated heterocycles. The first-order valence-electron chi connectivity index (χ1n) is 8.77. The van der Waals surface area contributed by atoms with Crippen molar-refractivity contribution in [2.45, 2.75) is 22.7 Å². The molecule has 1 aromatic carbocycles. The van der Waals surface area contributed by atoms with Crippen molar-refractivity contribution >= 4 is 41.3 Å². The van der Waals surface area contributed by atoms with E-state index < -0.39 is 35.3 Å². The van der Waals surface area contributed by atoms with Crippen molar-refractivity contribution in [3.05, 3.63) is 47.2 Å². The molecule has 11 nitrogen and oxygen atoms in total. The Bertz CT molecular complexity index is 999. The van der Waals surface area contributed by atoms with E-state index in [0.29, 0.717) is 22.0 Å². The summed E-state index contributed by atoms with van der Waals surface area (Å²) in [5, 5.41) is 35.6. The Morgan fingerprint density at radius 3 is 2.80 bits per heavy atom. The molecule has 0 unspecified atom stereocenters. The number of benzene rings is 1. The second kappa shape index (κ2) is 8.45. The van der Waals surface area contributed by atoms with E-state index in [4.69, 9.17) is 0 Å². The van der Waals surface area contributed by atoms with Crippen LogP contribution < -0.4 is 5.32 Å². The van der Waals surface area contributed by atoms with Gasteiger partial charge in [-0.1, -0.05) is 42.1 Å². The lowest BCUT2D eigenvalue weighted by Gasteiger charge is -2.49. The van der Waals surface area contributed by atoms with Gasteiger partial charge < -0.3 is 15.5 Å². The number of H-pyrrole nitrogens is 1. The standard InChI is InChI=1S/C17H16N6O5S2/c24-12(8-4-2-1-3-5-8)13(25)18-10-14(26)23-11(16(27)28)9(6-29-15(10)23)7-30-17-19-21-22-20-17/h1-5,10,12,15,24H,6-7H2,(H,18,25)(H,27,28)(H,19,20,21,22)/t10-,12-,15-/m0/s1. The average molecular weight is 448 g/mol. The molecule has 30 heavy (non-hydrogen) atoms. The van der Waals surface area contributed by atoms with Crippen LogP contribution >= 0.6 is 23.5 Å². The van der Waals surface area contributed by atoms with Crippen molar-refractivity contribution in [2.75, 3.05) is 11.5 Å².